The molecular formula is C22H26N4O5S. The molecule has 0 unspecified atom stereocenters. The Morgan fingerprint density at radius 1 is 1.28 bits per heavy atom. The molecule has 1 saturated heterocycles. The molecule has 170 valence electrons. The summed E-state index contributed by atoms with van der Waals surface area (Å²) in [6.45, 7) is 7.85. The number of rotatable bonds is 6. The van der Waals surface area contributed by atoms with Crippen LogP contribution in [0.2, 0.25) is 0 Å². The van der Waals surface area contributed by atoms with Gasteiger partial charge in [-0.1, -0.05) is 6.07 Å². The van der Waals surface area contributed by atoms with E-state index in [4.69, 9.17) is 4.74 Å². The van der Waals surface area contributed by atoms with Gasteiger partial charge in [0.15, 0.2) is 15.5 Å². The number of pyridine rings is 1. The summed E-state index contributed by atoms with van der Waals surface area (Å²) in [6, 6.07) is 8.65. The van der Waals surface area contributed by atoms with Gasteiger partial charge in [-0.15, -0.1) is 0 Å². The number of hydrogen-bond donors (Lipinski definition) is 1. The number of fused-ring (bicyclic) bond motifs is 1. The van der Waals surface area contributed by atoms with Crippen molar-refractivity contribution in [2.24, 2.45) is 0 Å². The lowest BCUT2D eigenvalue weighted by molar-refractivity contribution is 0.0916. The van der Waals surface area contributed by atoms with Crippen molar-refractivity contribution in [2.75, 3.05) is 18.1 Å². The van der Waals surface area contributed by atoms with Crippen LogP contribution < -0.4 is 15.7 Å². The van der Waals surface area contributed by atoms with E-state index in [1.807, 2.05) is 26.8 Å². The summed E-state index contributed by atoms with van der Waals surface area (Å²) in [5.41, 5.74) is 0.747. The predicted molar refractivity (Wildman–Crippen MR) is 121 cm³/mol. The van der Waals surface area contributed by atoms with E-state index < -0.39 is 21.3 Å². The largest absolute Gasteiger partial charge is 0.494 e. The van der Waals surface area contributed by atoms with Crippen LogP contribution in [0, 0.1) is 0 Å². The number of hydrogen-bond acceptors (Lipinski definition) is 6. The number of carbonyl (C=O) groups excluding carboxylic acids is 1. The minimum absolute atomic E-state index is 0.0926. The molecule has 0 aliphatic carbocycles. The molecule has 1 fully saturated rings. The van der Waals surface area contributed by atoms with Crippen molar-refractivity contribution in [2.45, 2.75) is 39.3 Å². The number of nitrogens with zero attached hydrogens (tertiary/aromatic N) is 3. The van der Waals surface area contributed by atoms with Crippen molar-refractivity contribution >= 4 is 26.9 Å². The lowest BCUT2D eigenvalue weighted by atomic mass is 10.1. The Bertz CT molecular complexity index is 1360. The molecule has 32 heavy (non-hydrogen) atoms. The fourth-order valence-electron chi connectivity index (χ4n) is 4.18. The first-order valence-corrected chi connectivity index (χ1v) is 12.2. The van der Waals surface area contributed by atoms with Crippen molar-refractivity contribution in [3.05, 3.63) is 52.6 Å². The molecule has 2 aromatic heterocycles. The van der Waals surface area contributed by atoms with Gasteiger partial charge in [-0.05, 0) is 45.9 Å². The standard InChI is InChI=1S/C22H26N4O5S/c1-5-31-17-8-6-7-16(10-17)26-19-18(25(14(2)3)21(26)28)9-15(11-23-19)20(27)24-22(4)12-32(29,30)13-22/h6-11,14H,5,12-13H2,1-4H3,(H,24,27). The molecule has 1 aliphatic heterocycles. The third kappa shape index (κ3) is 3.90. The second-order valence-corrected chi connectivity index (χ2v) is 10.7. The van der Waals surface area contributed by atoms with Crippen LogP contribution in [-0.4, -0.2) is 52.1 Å². The van der Waals surface area contributed by atoms with Crippen molar-refractivity contribution in [1.29, 1.82) is 0 Å². The molecule has 1 aliphatic rings. The second kappa shape index (κ2) is 7.77. The lowest BCUT2D eigenvalue weighted by Crippen LogP contribution is -2.63. The molecule has 0 atom stereocenters. The summed E-state index contributed by atoms with van der Waals surface area (Å²) in [4.78, 5) is 30.6. The van der Waals surface area contributed by atoms with Crippen LogP contribution >= 0.6 is 0 Å². The van der Waals surface area contributed by atoms with E-state index in [9.17, 15) is 18.0 Å². The molecular weight excluding hydrogens is 432 g/mol. The molecule has 0 saturated carbocycles. The molecule has 0 bridgehead atoms. The third-order valence-corrected chi connectivity index (χ3v) is 7.53. The second-order valence-electron chi connectivity index (χ2n) is 8.63. The minimum atomic E-state index is -3.10. The van der Waals surface area contributed by atoms with Gasteiger partial charge in [0, 0.05) is 18.3 Å². The number of benzene rings is 1. The summed E-state index contributed by atoms with van der Waals surface area (Å²) < 4.78 is 31.7. The van der Waals surface area contributed by atoms with Crippen molar-refractivity contribution in [3.8, 4) is 11.4 Å². The summed E-state index contributed by atoms with van der Waals surface area (Å²) in [5, 5.41) is 2.78. The van der Waals surface area contributed by atoms with Gasteiger partial charge in [-0.25, -0.2) is 22.8 Å². The maximum absolute atomic E-state index is 13.3. The molecule has 0 spiro atoms. The van der Waals surface area contributed by atoms with Crippen LogP contribution in [0.15, 0.2) is 41.3 Å². The van der Waals surface area contributed by atoms with Crippen LogP contribution in [0.3, 0.4) is 0 Å². The number of ether oxygens (including phenoxy) is 1. The highest BCUT2D eigenvalue weighted by atomic mass is 32.2. The molecule has 9 nitrogen and oxygen atoms in total. The van der Waals surface area contributed by atoms with Gasteiger partial charge in [0.1, 0.15) is 5.75 Å². The molecule has 1 amide bonds. The van der Waals surface area contributed by atoms with Gasteiger partial charge < -0.3 is 10.1 Å². The Labute approximate surface area is 185 Å². The number of sulfone groups is 1. The van der Waals surface area contributed by atoms with Gasteiger partial charge in [0.05, 0.1) is 40.4 Å². The summed E-state index contributed by atoms with van der Waals surface area (Å²) >= 11 is 0. The molecule has 1 N–H and O–H groups in total. The van der Waals surface area contributed by atoms with Gasteiger partial charge >= 0.3 is 5.69 Å². The highest BCUT2D eigenvalue weighted by Gasteiger charge is 2.45. The van der Waals surface area contributed by atoms with Crippen molar-refractivity contribution < 1.29 is 17.9 Å². The quantitative estimate of drug-likeness (QED) is 0.605. The summed E-state index contributed by atoms with van der Waals surface area (Å²) in [6.07, 6.45) is 1.40. The molecule has 10 heteroatoms. The smallest absolute Gasteiger partial charge is 0.335 e. The highest BCUT2D eigenvalue weighted by molar-refractivity contribution is 7.93. The van der Waals surface area contributed by atoms with Crippen LogP contribution in [-0.2, 0) is 9.84 Å². The number of nitrogens with one attached hydrogen (secondary N) is 1. The number of amides is 1. The van der Waals surface area contributed by atoms with Crippen LogP contribution in [0.5, 0.6) is 5.75 Å². The zero-order valence-corrected chi connectivity index (χ0v) is 19.3. The van der Waals surface area contributed by atoms with E-state index in [0.29, 0.717) is 29.2 Å². The summed E-state index contributed by atoms with van der Waals surface area (Å²) in [7, 11) is -3.10. The van der Waals surface area contributed by atoms with Gasteiger partial charge in [-0.2, -0.15) is 0 Å². The number of carbonyl (C=O) groups is 1. The Morgan fingerprint density at radius 2 is 2.00 bits per heavy atom. The monoisotopic (exact) mass is 458 g/mol. The van der Waals surface area contributed by atoms with E-state index >= 15 is 0 Å². The molecule has 0 radical (unpaired) electrons. The average molecular weight is 459 g/mol. The molecule has 3 heterocycles. The zero-order valence-electron chi connectivity index (χ0n) is 18.5. The fraction of sp³-hybridized carbons (Fsp3) is 0.409. The van der Waals surface area contributed by atoms with E-state index in [2.05, 4.69) is 10.3 Å². The fourth-order valence-corrected chi connectivity index (χ4v) is 6.18. The Hall–Kier alpha value is -3.14. The van der Waals surface area contributed by atoms with Crippen LogP contribution in [0.1, 0.15) is 44.1 Å². The Morgan fingerprint density at radius 3 is 2.62 bits per heavy atom. The van der Waals surface area contributed by atoms with E-state index in [1.54, 1.807) is 35.8 Å². The van der Waals surface area contributed by atoms with Gasteiger partial charge in [0.25, 0.3) is 5.91 Å². The van der Waals surface area contributed by atoms with Gasteiger partial charge in [0.2, 0.25) is 0 Å². The highest BCUT2D eigenvalue weighted by Crippen LogP contribution is 2.25. The topological polar surface area (TPSA) is 112 Å². The van der Waals surface area contributed by atoms with E-state index in [1.165, 1.54) is 10.8 Å². The molecule has 4 rings (SSSR count). The summed E-state index contributed by atoms with van der Waals surface area (Å²) in [5.74, 6) is 0.0303. The zero-order chi connectivity index (χ0) is 23.3. The first-order chi connectivity index (χ1) is 15.0. The average Bonchev–Trinajstić information content (AvgIpc) is 2.97. The van der Waals surface area contributed by atoms with E-state index in [0.717, 1.165) is 0 Å². The lowest BCUT2D eigenvalue weighted by Gasteiger charge is -2.38. The van der Waals surface area contributed by atoms with Gasteiger partial charge in [-0.3, -0.25) is 9.36 Å². The number of aromatic nitrogens is 3. The third-order valence-electron chi connectivity index (χ3n) is 5.37. The first-order valence-electron chi connectivity index (χ1n) is 10.4. The van der Waals surface area contributed by atoms with Crippen molar-refractivity contribution in [1.82, 2.24) is 19.4 Å². The predicted octanol–water partition coefficient (Wildman–Crippen LogP) is 2.08. The van der Waals surface area contributed by atoms with Crippen molar-refractivity contribution in [3.63, 3.8) is 0 Å². The minimum Gasteiger partial charge on any atom is -0.494 e. The SMILES string of the molecule is CCOc1cccc(-n2c(=O)n(C(C)C)c3cc(C(=O)NC4(C)CS(=O)(=O)C4)cnc32)c1. The molecule has 1 aromatic carbocycles. The normalized spacial score (nSPS) is 16.7. The Balaban J connectivity index is 1.78. The maximum Gasteiger partial charge on any atom is 0.335 e. The Kier molecular flexibility index (Phi) is 5.36. The van der Waals surface area contributed by atoms with E-state index in [-0.39, 0.29) is 28.8 Å². The van der Waals surface area contributed by atoms with Crippen LogP contribution in [0.25, 0.3) is 16.9 Å². The first kappa shape index (κ1) is 22.1. The maximum atomic E-state index is 13.3. The van der Waals surface area contributed by atoms with Crippen LogP contribution in [0.4, 0.5) is 0 Å². The number of imidazole rings is 1. The molecule has 3 aromatic rings.